The molecule has 0 fully saturated rings. The first-order chi connectivity index (χ1) is 11.9. The molecule has 0 bridgehead atoms. The van der Waals surface area contributed by atoms with Crippen LogP contribution in [0.15, 0.2) is 36.7 Å². The van der Waals surface area contributed by atoms with Crippen LogP contribution in [-0.2, 0) is 11.8 Å². The molecule has 0 saturated carbocycles. The Balaban J connectivity index is 2.03. The van der Waals surface area contributed by atoms with E-state index in [1.54, 1.807) is 35.1 Å². The van der Waals surface area contributed by atoms with E-state index < -0.39 is 6.09 Å². The predicted molar refractivity (Wildman–Crippen MR) is 94.4 cm³/mol. The summed E-state index contributed by atoms with van der Waals surface area (Å²) < 4.78 is 6.28. The van der Waals surface area contributed by atoms with E-state index in [2.05, 4.69) is 20.5 Å². The van der Waals surface area contributed by atoms with Crippen LogP contribution in [0.5, 0.6) is 0 Å². The van der Waals surface area contributed by atoms with E-state index in [0.717, 1.165) is 5.56 Å². The second-order valence-electron chi connectivity index (χ2n) is 5.83. The molecule has 25 heavy (non-hydrogen) atoms. The van der Waals surface area contributed by atoms with E-state index in [-0.39, 0.29) is 11.9 Å². The molecule has 8 heteroatoms. The quantitative estimate of drug-likeness (QED) is 0.831. The Labute approximate surface area is 146 Å². The van der Waals surface area contributed by atoms with Crippen LogP contribution in [0.2, 0.25) is 0 Å². The summed E-state index contributed by atoms with van der Waals surface area (Å²) in [4.78, 5) is 25.7. The van der Waals surface area contributed by atoms with Gasteiger partial charge in [-0.15, -0.1) is 0 Å². The predicted octanol–water partition coefficient (Wildman–Crippen LogP) is 1.63. The normalized spacial score (nSPS) is 11.9. The first kappa shape index (κ1) is 18.5. The van der Waals surface area contributed by atoms with Gasteiger partial charge in [0.2, 0.25) is 0 Å². The van der Waals surface area contributed by atoms with Crippen molar-refractivity contribution in [3.8, 4) is 0 Å². The number of hydrogen-bond acceptors (Lipinski definition) is 5. The van der Waals surface area contributed by atoms with Gasteiger partial charge in [-0.25, -0.2) is 4.79 Å². The molecule has 1 heterocycles. The van der Waals surface area contributed by atoms with Crippen LogP contribution in [0.25, 0.3) is 0 Å². The van der Waals surface area contributed by atoms with Crippen molar-refractivity contribution in [2.24, 2.45) is 7.05 Å². The fourth-order valence-electron chi connectivity index (χ4n) is 2.41. The second kappa shape index (κ2) is 8.29. The minimum absolute atomic E-state index is 0.00836. The number of rotatable bonds is 6. The largest absolute Gasteiger partial charge is 0.453 e. The van der Waals surface area contributed by atoms with Crippen LogP contribution in [0.1, 0.15) is 22.0 Å². The fraction of sp³-hybridized carbons (Fsp3) is 0.353. The lowest BCUT2D eigenvalue weighted by molar-refractivity contribution is 0.0942. The molecule has 2 amide bonds. The summed E-state index contributed by atoms with van der Waals surface area (Å²) in [7, 11) is 7.04. The second-order valence-corrected chi connectivity index (χ2v) is 5.83. The number of amides is 2. The van der Waals surface area contributed by atoms with Gasteiger partial charge in [-0.1, -0.05) is 6.07 Å². The molecular formula is C17H23N5O3. The highest BCUT2D eigenvalue weighted by Crippen LogP contribution is 2.17. The van der Waals surface area contributed by atoms with Crippen LogP contribution in [-0.4, -0.2) is 54.4 Å². The summed E-state index contributed by atoms with van der Waals surface area (Å²) in [5.41, 5.74) is 1.97. The lowest BCUT2D eigenvalue weighted by Crippen LogP contribution is -2.34. The third-order valence-corrected chi connectivity index (χ3v) is 3.75. The number of aromatic nitrogens is 2. The number of anilines is 1. The summed E-state index contributed by atoms with van der Waals surface area (Å²) >= 11 is 0. The Kier molecular flexibility index (Phi) is 6.13. The summed E-state index contributed by atoms with van der Waals surface area (Å²) in [5, 5.41) is 9.64. The van der Waals surface area contributed by atoms with Gasteiger partial charge in [0, 0.05) is 36.6 Å². The van der Waals surface area contributed by atoms with Crippen molar-refractivity contribution in [3.63, 3.8) is 0 Å². The summed E-state index contributed by atoms with van der Waals surface area (Å²) in [6, 6.07) is 6.68. The van der Waals surface area contributed by atoms with Crippen LogP contribution < -0.4 is 10.6 Å². The maximum atomic E-state index is 12.4. The van der Waals surface area contributed by atoms with Crippen LogP contribution in [0.3, 0.4) is 0 Å². The van der Waals surface area contributed by atoms with Crippen molar-refractivity contribution in [2.45, 2.75) is 6.04 Å². The zero-order valence-electron chi connectivity index (χ0n) is 14.8. The van der Waals surface area contributed by atoms with E-state index in [1.165, 1.54) is 7.11 Å². The van der Waals surface area contributed by atoms with Gasteiger partial charge in [-0.2, -0.15) is 5.10 Å². The maximum Gasteiger partial charge on any atom is 0.411 e. The van der Waals surface area contributed by atoms with Crippen molar-refractivity contribution < 1.29 is 14.3 Å². The Bertz CT molecular complexity index is 741. The highest BCUT2D eigenvalue weighted by molar-refractivity contribution is 5.96. The number of nitrogens with one attached hydrogen (secondary N) is 2. The van der Waals surface area contributed by atoms with Crippen molar-refractivity contribution in [1.82, 2.24) is 20.0 Å². The smallest absolute Gasteiger partial charge is 0.411 e. The number of carbonyl (C=O) groups is 2. The molecule has 0 aliphatic rings. The average Bonchev–Trinajstić information content (AvgIpc) is 3.00. The van der Waals surface area contributed by atoms with Crippen LogP contribution in [0, 0.1) is 0 Å². The van der Waals surface area contributed by atoms with E-state index in [4.69, 9.17) is 0 Å². The van der Waals surface area contributed by atoms with Gasteiger partial charge in [-0.3, -0.25) is 14.8 Å². The van der Waals surface area contributed by atoms with Crippen molar-refractivity contribution in [3.05, 3.63) is 47.8 Å². The van der Waals surface area contributed by atoms with E-state index >= 15 is 0 Å². The van der Waals surface area contributed by atoms with Gasteiger partial charge < -0.3 is 15.0 Å². The number of benzene rings is 1. The minimum atomic E-state index is -0.582. The van der Waals surface area contributed by atoms with Gasteiger partial charge in [0.15, 0.2) is 0 Å². The zero-order valence-corrected chi connectivity index (χ0v) is 14.8. The molecule has 1 aromatic carbocycles. The number of hydrogen-bond donors (Lipinski definition) is 2. The maximum absolute atomic E-state index is 12.4. The fourth-order valence-corrected chi connectivity index (χ4v) is 2.41. The van der Waals surface area contributed by atoms with Gasteiger partial charge in [-0.05, 0) is 32.3 Å². The molecule has 2 aromatic rings. The van der Waals surface area contributed by atoms with Gasteiger partial charge in [0.1, 0.15) is 0 Å². The summed E-state index contributed by atoms with van der Waals surface area (Å²) in [5.74, 6) is -0.218. The molecule has 0 spiro atoms. The molecule has 8 nitrogen and oxygen atoms in total. The molecule has 1 atom stereocenters. The molecule has 0 aliphatic carbocycles. The molecule has 134 valence electrons. The summed E-state index contributed by atoms with van der Waals surface area (Å²) in [6.45, 7) is 0.437. The minimum Gasteiger partial charge on any atom is -0.453 e. The highest BCUT2D eigenvalue weighted by Gasteiger charge is 2.17. The molecular weight excluding hydrogens is 322 g/mol. The number of carbonyl (C=O) groups excluding carboxylic acids is 2. The topological polar surface area (TPSA) is 88.5 Å². The third-order valence-electron chi connectivity index (χ3n) is 3.75. The Hall–Kier alpha value is -2.87. The molecule has 1 aromatic heterocycles. The lowest BCUT2D eigenvalue weighted by Gasteiger charge is -2.23. The molecule has 2 rings (SSSR count). The average molecular weight is 345 g/mol. The molecule has 0 aliphatic heterocycles. The lowest BCUT2D eigenvalue weighted by atomic mass is 10.1. The van der Waals surface area contributed by atoms with Crippen LogP contribution >= 0.6 is 0 Å². The number of methoxy groups -OCH3 is 1. The first-order valence-electron chi connectivity index (χ1n) is 7.79. The third kappa shape index (κ3) is 5.05. The highest BCUT2D eigenvalue weighted by atomic mass is 16.5. The first-order valence-corrected chi connectivity index (χ1v) is 7.79. The monoisotopic (exact) mass is 345 g/mol. The van der Waals surface area contributed by atoms with Gasteiger partial charge >= 0.3 is 6.09 Å². The standard InChI is InChI=1S/C17H23N5O3/c1-21(2)15(13-9-19-22(3)11-13)10-18-16(23)12-6-5-7-14(8-12)20-17(24)25-4/h5-9,11,15H,10H2,1-4H3,(H,18,23)(H,20,24)/t15-/m1/s1. The van der Waals surface area contributed by atoms with Crippen molar-refractivity contribution in [2.75, 3.05) is 33.1 Å². The Morgan fingerprint density at radius 3 is 2.72 bits per heavy atom. The van der Waals surface area contributed by atoms with Crippen molar-refractivity contribution >= 4 is 17.7 Å². The molecule has 2 N–H and O–H groups in total. The number of likely N-dealkylation sites (N-methyl/N-ethyl adjacent to an activating group) is 1. The number of aryl methyl sites for hydroxylation is 1. The van der Waals surface area contributed by atoms with Gasteiger partial charge in [0.25, 0.3) is 5.91 Å². The summed E-state index contributed by atoms with van der Waals surface area (Å²) in [6.07, 6.45) is 3.14. The Morgan fingerprint density at radius 1 is 1.36 bits per heavy atom. The van der Waals surface area contributed by atoms with E-state index in [0.29, 0.717) is 17.8 Å². The van der Waals surface area contributed by atoms with Crippen LogP contribution in [0.4, 0.5) is 10.5 Å². The SMILES string of the molecule is COC(=O)Nc1cccc(C(=O)NC[C@H](c2cnn(C)c2)N(C)C)c1. The Morgan fingerprint density at radius 2 is 2.12 bits per heavy atom. The van der Waals surface area contributed by atoms with E-state index in [1.807, 2.05) is 32.2 Å². The zero-order chi connectivity index (χ0) is 18.4. The molecule has 0 radical (unpaired) electrons. The van der Waals surface area contributed by atoms with E-state index in [9.17, 15) is 9.59 Å². The molecule has 0 saturated heterocycles. The number of ether oxygens (including phenoxy) is 1. The van der Waals surface area contributed by atoms with Crippen molar-refractivity contribution in [1.29, 1.82) is 0 Å². The van der Waals surface area contributed by atoms with Gasteiger partial charge in [0.05, 0.1) is 19.3 Å². The number of nitrogens with zero attached hydrogens (tertiary/aromatic N) is 3. The molecule has 0 unspecified atom stereocenters.